The van der Waals surface area contributed by atoms with Gasteiger partial charge in [0.25, 0.3) is 0 Å². The standard InChI is InChI=1S/C22H18ClNO2/c23-19-12-10-17(11-13-19)16-22(25)24-14-3-4-15-26-21-9-5-7-18-6-1-2-8-20(18)21/h1-2,5-13H,14-16H2,(H,24,25). The second-order valence-electron chi connectivity index (χ2n) is 5.70. The minimum atomic E-state index is -0.0726. The SMILES string of the molecule is O=C(Cc1ccc(Cl)cc1)NCC#CCOc1cccc2ccccc12. The maximum atomic E-state index is 11.9. The molecule has 0 aromatic heterocycles. The molecule has 3 rings (SSSR count). The molecule has 0 aliphatic heterocycles. The molecule has 0 radical (unpaired) electrons. The maximum absolute atomic E-state index is 11.9. The number of fused-ring (bicyclic) bond motifs is 1. The Labute approximate surface area is 157 Å². The van der Waals surface area contributed by atoms with Gasteiger partial charge in [-0.15, -0.1) is 0 Å². The summed E-state index contributed by atoms with van der Waals surface area (Å²) in [6.07, 6.45) is 0.311. The Morgan fingerprint density at radius 2 is 1.73 bits per heavy atom. The van der Waals surface area contributed by atoms with E-state index in [9.17, 15) is 4.79 Å². The molecule has 0 fully saturated rings. The van der Waals surface area contributed by atoms with Crippen LogP contribution in [0.5, 0.6) is 5.75 Å². The summed E-state index contributed by atoms with van der Waals surface area (Å²) in [5, 5.41) is 5.63. The number of hydrogen-bond donors (Lipinski definition) is 1. The van der Waals surface area contributed by atoms with Crippen LogP contribution in [0, 0.1) is 11.8 Å². The number of nitrogens with one attached hydrogen (secondary N) is 1. The molecule has 0 aliphatic carbocycles. The summed E-state index contributed by atoms with van der Waals surface area (Å²) in [5.41, 5.74) is 0.916. The molecule has 1 N–H and O–H groups in total. The lowest BCUT2D eigenvalue weighted by molar-refractivity contribution is -0.120. The summed E-state index contributed by atoms with van der Waals surface area (Å²) in [4.78, 5) is 11.9. The van der Waals surface area contributed by atoms with Crippen LogP contribution in [0.15, 0.2) is 66.7 Å². The molecule has 0 atom stereocenters. The fourth-order valence-corrected chi connectivity index (χ4v) is 2.67. The van der Waals surface area contributed by atoms with Crippen molar-refractivity contribution in [2.24, 2.45) is 0 Å². The molecule has 0 saturated carbocycles. The summed E-state index contributed by atoms with van der Waals surface area (Å²) < 4.78 is 5.73. The van der Waals surface area contributed by atoms with E-state index >= 15 is 0 Å². The van der Waals surface area contributed by atoms with Crippen molar-refractivity contribution in [3.8, 4) is 17.6 Å². The Balaban J connectivity index is 1.44. The first-order valence-corrected chi connectivity index (χ1v) is 8.67. The van der Waals surface area contributed by atoms with Crippen LogP contribution in [0.1, 0.15) is 5.56 Å². The maximum Gasteiger partial charge on any atom is 0.225 e. The van der Waals surface area contributed by atoms with Crippen LogP contribution in [-0.4, -0.2) is 19.1 Å². The number of benzene rings is 3. The van der Waals surface area contributed by atoms with E-state index in [0.29, 0.717) is 18.0 Å². The van der Waals surface area contributed by atoms with Crippen LogP contribution in [-0.2, 0) is 11.2 Å². The zero-order valence-electron chi connectivity index (χ0n) is 14.2. The highest BCUT2D eigenvalue weighted by atomic mass is 35.5. The molecule has 0 unspecified atom stereocenters. The predicted molar refractivity (Wildman–Crippen MR) is 105 cm³/mol. The van der Waals surface area contributed by atoms with Crippen molar-refractivity contribution < 1.29 is 9.53 Å². The van der Waals surface area contributed by atoms with E-state index in [2.05, 4.69) is 17.2 Å². The highest BCUT2D eigenvalue weighted by Crippen LogP contribution is 2.24. The Morgan fingerprint density at radius 3 is 2.58 bits per heavy atom. The van der Waals surface area contributed by atoms with Crippen LogP contribution in [0.3, 0.4) is 0 Å². The van der Waals surface area contributed by atoms with Gasteiger partial charge < -0.3 is 10.1 Å². The second kappa shape index (κ2) is 8.94. The molecule has 3 aromatic rings. The van der Waals surface area contributed by atoms with Crippen molar-refractivity contribution in [3.63, 3.8) is 0 Å². The average Bonchev–Trinajstić information content (AvgIpc) is 2.66. The summed E-state index contributed by atoms with van der Waals surface area (Å²) in [6, 6.07) is 21.2. The van der Waals surface area contributed by atoms with E-state index in [1.54, 1.807) is 12.1 Å². The van der Waals surface area contributed by atoms with E-state index in [1.807, 2.05) is 54.6 Å². The average molecular weight is 364 g/mol. The van der Waals surface area contributed by atoms with Crippen molar-refractivity contribution >= 4 is 28.3 Å². The first-order chi connectivity index (χ1) is 12.7. The summed E-state index contributed by atoms with van der Waals surface area (Å²) in [7, 11) is 0. The van der Waals surface area contributed by atoms with Crippen LogP contribution in [0.2, 0.25) is 5.02 Å². The Bertz CT molecular complexity index is 950. The summed E-state index contributed by atoms with van der Waals surface area (Å²) in [5.74, 6) is 6.56. The molecule has 0 aliphatic rings. The van der Waals surface area contributed by atoms with Crippen molar-refractivity contribution in [2.75, 3.05) is 13.2 Å². The van der Waals surface area contributed by atoms with Crippen molar-refractivity contribution in [3.05, 3.63) is 77.3 Å². The first-order valence-electron chi connectivity index (χ1n) is 8.30. The van der Waals surface area contributed by atoms with Gasteiger partial charge in [-0.05, 0) is 29.1 Å². The fraction of sp³-hybridized carbons (Fsp3) is 0.136. The molecule has 0 spiro atoms. The highest BCUT2D eigenvalue weighted by molar-refractivity contribution is 6.30. The first kappa shape index (κ1) is 17.8. The van der Waals surface area contributed by atoms with Crippen LogP contribution < -0.4 is 10.1 Å². The van der Waals surface area contributed by atoms with Gasteiger partial charge in [-0.1, -0.05) is 72.0 Å². The molecule has 130 valence electrons. The second-order valence-corrected chi connectivity index (χ2v) is 6.14. The van der Waals surface area contributed by atoms with Crippen molar-refractivity contribution in [1.82, 2.24) is 5.32 Å². The van der Waals surface area contributed by atoms with Gasteiger partial charge >= 0.3 is 0 Å². The number of carbonyl (C=O) groups excluding carboxylic acids is 1. The van der Waals surface area contributed by atoms with E-state index in [0.717, 1.165) is 22.1 Å². The number of rotatable bonds is 5. The van der Waals surface area contributed by atoms with Gasteiger partial charge in [0.1, 0.15) is 12.4 Å². The van der Waals surface area contributed by atoms with Crippen LogP contribution in [0.25, 0.3) is 10.8 Å². The lowest BCUT2D eigenvalue weighted by Crippen LogP contribution is -2.25. The summed E-state index contributed by atoms with van der Waals surface area (Å²) >= 11 is 5.83. The number of carbonyl (C=O) groups is 1. The zero-order valence-corrected chi connectivity index (χ0v) is 14.9. The molecular formula is C22H18ClNO2. The molecule has 26 heavy (non-hydrogen) atoms. The van der Waals surface area contributed by atoms with E-state index < -0.39 is 0 Å². The third-order valence-electron chi connectivity index (χ3n) is 3.83. The predicted octanol–water partition coefficient (Wildman–Crippen LogP) is 4.23. The number of ether oxygens (including phenoxy) is 1. The van der Waals surface area contributed by atoms with E-state index in [1.165, 1.54) is 0 Å². The monoisotopic (exact) mass is 363 g/mol. The number of halogens is 1. The quantitative estimate of drug-likeness (QED) is 0.689. The Hall–Kier alpha value is -2.96. The molecule has 3 nitrogen and oxygen atoms in total. The van der Waals surface area contributed by atoms with Crippen LogP contribution >= 0.6 is 11.6 Å². The largest absolute Gasteiger partial charge is 0.480 e. The Kier molecular flexibility index (Phi) is 6.14. The normalized spacial score (nSPS) is 10.0. The molecule has 1 amide bonds. The Morgan fingerprint density at radius 1 is 0.962 bits per heavy atom. The number of amides is 1. The zero-order chi connectivity index (χ0) is 18.2. The smallest absolute Gasteiger partial charge is 0.225 e. The van der Waals surface area contributed by atoms with Crippen molar-refractivity contribution in [2.45, 2.75) is 6.42 Å². The lowest BCUT2D eigenvalue weighted by Gasteiger charge is -2.06. The topological polar surface area (TPSA) is 38.3 Å². The van der Waals surface area contributed by atoms with Gasteiger partial charge in [0.05, 0.1) is 13.0 Å². The van der Waals surface area contributed by atoms with Crippen molar-refractivity contribution in [1.29, 1.82) is 0 Å². The van der Waals surface area contributed by atoms with Gasteiger partial charge in [-0.25, -0.2) is 0 Å². The highest BCUT2D eigenvalue weighted by Gasteiger charge is 2.02. The van der Waals surface area contributed by atoms with Crippen LogP contribution in [0.4, 0.5) is 0 Å². The molecule has 0 bridgehead atoms. The minimum Gasteiger partial charge on any atom is -0.480 e. The molecule has 0 heterocycles. The van der Waals surface area contributed by atoms with E-state index in [4.69, 9.17) is 16.3 Å². The molecular weight excluding hydrogens is 346 g/mol. The third kappa shape index (κ3) is 5.02. The molecule has 4 heteroatoms. The molecule has 3 aromatic carbocycles. The minimum absolute atomic E-state index is 0.0726. The van der Waals surface area contributed by atoms with Gasteiger partial charge in [-0.3, -0.25) is 4.79 Å². The lowest BCUT2D eigenvalue weighted by atomic mass is 10.1. The van der Waals surface area contributed by atoms with Gasteiger partial charge in [0.2, 0.25) is 5.91 Å². The summed E-state index contributed by atoms with van der Waals surface area (Å²) in [6.45, 7) is 0.576. The number of hydrogen-bond acceptors (Lipinski definition) is 2. The fourth-order valence-electron chi connectivity index (χ4n) is 2.54. The van der Waals surface area contributed by atoms with Gasteiger partial charge in [-0.2, -0.15) is 0 Å². The van der Waals surface area contributed by atoms with Gasteiger partial charge in [0, 0.05) is 10.4 Å². The molecule has 0 saturated heterocycles. The van der Waals surface area contributed by atoms with E-state index in [-0.39, 0.29) is 12.5 Å². The van der Waals surface area contributed by atoms with Gasteiger partial charge in [0.15, 0.2) is 0 Å². The third-order valence-corrected chi connectivity index (χ3v) is 4.08.